The third-order valence-corrected chi connectivity index (χ3v) is 5.15. The van der Waals surface area contributed by atoms with Crippen LogP contribution in [-0.2, 0) is 0 Å². The zero-order chi connectivity index (χ0) is 19.0. The summed E-state index contributed by atoms with van der Waals surface area (Å²) in [6.45, 7) is 1.70. The number of rotatable bonds is 4. The highest BCUT2D eigenvalue weighted by atomic mass is 32.1. The molecule has 27 heavy (non-hydrogen) atoms. The molecule has 0 aromatic carbocycles. The average molecular weight is 379 g/mol. The Kier molecular flexibility index (Phi) is 4.13. The zero-order valence-corrected chi connectivity index (χ0v) is 14.9. The number of hydrogen-bond acceptors (Lipinski definition) is 6. The first-order chi connectivity index (χ1) is 13.0. The number of fused-ring (bicyclic) bond motifs is 1. The predicted octanol–water partition coefficient (Wildman–Crippen LogP) is 3.11. The number of carboxylic acid groups (broad SMARTS) is 1. The lowest BCUT2D eigenvalue weighted by Crippen LogP contribution is -2.13. The van der Waals surface area contributed by atoms with Crippen LogP contribution in [0.5, 0.6) is 0 Å². The van der Waals surface area contributed by atoms with Crippen molar-refractivity contribution < 1.29 is 14.7 Å². The molecular formula is C18H13N5O3S. The van der Waals surface area contributed by atoms with Gasteiger partial charge in [0, 0.05) is 24.8 Å². The Bertz CT molecular complexity index is 1170. The fourth-order valence-corrected chi connectivity index (χ4v) is 3.62. The van der Waals surface area contributed by atoms with Crippen molar-refractivity contribution >= 4 is 33.7 Å². The number of aromatic carboxylic acids is 1. The highest BCUT2D eigenvalue weighted by Crippen LogP contribution is 2.30. The normalized spacial score (nSPS) is 10.9. The largest absolute Gasteiger partial charge is 0.478 e. The highest BCUT2D eigenvalue weighted by Gasteiger charge is 2.18. The van der Waals surface area contributed by atoms with Gasteiger partial charge in [0.15, 0.2) is 0 Å². The van der Waals surface area contributed by atoms with Crippen LogP contribution in [0.25, 0.3) is 15.3 Å². The molecule has 0 bridgehead atoms. The molecule has 4 heterocycles. The van der Waals surface area contributed by atoms with E-state index in [1.165, 1.54) is 29.8 Å². The van der Waals surface area contributed by atoms with Crippen LogP contribution >= 0.6 is 11.3 Å². The number of carbonyl (C=O) groups excluding carboxylic acids is 1. The molecule has 1 amide bonds. The van der Waals surface area contributed by atoms with Crippen LogP contribution in [0, 0.1) is 6.92 Å². The van der Waals surface area contributed by atoms with Crippen LogP contribution in [0.2, 0.25) is 0 Å². The summed E-state index contributed by atoms with van der Waals surface area (Å²) in [6, 6.07) is 5.16. The van der Waals surface area contributed by atoms with Crippen molar-refractivity contribution in [3.8, 4) is 10.4 Å². The second-order valence-corrected chi connectivity index (χ2v) is 6.79. The number of pyridine rings is 2. The topological polar surface area (TPSA) is 109 Å². The van der Waals surface area contributed by atoms with Crippen LogP contribution in [0.1, 0.15) is 26.4 Å². The number of anilines is 1. The molecular weight excluding hydrogens is 366 g/mol. The summed E-state index contributed by atoms with van der Waals surface area (Å²) in [6.07, 6.45) is 8.00. The number of carboxylic acids is 1. The second kappa shape index (κ2) is 6.61. The maximum Gasteiger partial charge on any atom is 0.337 e. The molecule has 0 saturated carbocycles. The fraction of sp³-hybridized carbons (Fsp3) is 0.0556. The predicted molar refractivity (Wildman–Crippen MR) is 100 cm³/mol. The molecule has 0 spiro atoms. The summed E-state index contributed by atoms with van der Waals surface area (Å²) < 4.78 is 1.65. The number of aryl methyl sites for hydroxylation is 1. The van der Waals surface area contributed by atoms with Gasteiger partial charge in [-0.2, -0.15) is 5.10 Å². The minimum atomic E-state index is -1.11. The minimum absolute atomic E-state index is 0.00662. The van der Waals surface area contributed by atoms with Crippen molar-refractivity contribution in [1.29, 1.82) is 0 Å². The van der Waals surface area contributed by atoms with E-state index in [9.17, 15) is 9.59 Å². The molecule has 8 nitrogen and oxygen atoms in total. The first-order valence-corrected chi connectivity index (χ1v) is 8.73. The van der Waals surface area contributed by atoms with E-state index in [0.29, 0.717) is 21.8 Å². The number of aromatic nitrogens is 4. The SMILES string of the molecule is Cc1ncc(C(=O)O)cc1NC(=O)c1cnn2cc(-c3ccncc3)sc12. The third kappa shape index (κ3) is 3.15. The lowest BCUT2D eigenvalue weighted by Gasteiger charge is -2.07. The van der Waals surface area contributed by atoms with Crippen molar-refractivity contribution in [2.24, 2.45) is 0 Å². The van der Waals surface area contributed by atoms with Crippen molar-refractivity contribution in [3.63, 3.8) is 0 Å². The molecule has 0 aliphatic heterocycles. The van der Waals surface area contributed by atoms with E-state index in [2.05, 4.69) is 20.4 Å². The van der Waals surface area contributed by atoms with Gasteiger partial charge in [-0.25, -0.2) is 9.31 Å². The van der Waals surface area contributed by atoms with Crippen LogP contribution in [-0.4, -0.2) is 36.6 Å². The summed E-state index contributed by atoms with van der Waals surface area (Å²) >= 11 is 1.44. The standard InChI is InChI=1S/C18H13N5O3S/c1-10-14(6-12(7-20-10)18(25)26)22-16(24)13-8-21-23-9-15(27-17(13)23)11-2-4-19-5-3-11/h2-9H,1H3,(H,22,24)(H,25,26). The van der Waals surface area contributed by atoms with Crippen LogP contribution in [0.4, 0.5) is 5.69 Å². The van der Waals surface area contributed by atoms with Crippen LogP contribution in [0.3, 0.4) is 0 Å². The van der Waals surface area contributed by atoms with Crippen LogP contribution < -0.4 is 5.32 Å². The number of nitrogens with zero attached hydrogens (tertiary/aromatic N) is 4. The Morgan fingerprint density at radius 2 is 2.00 bits per heavy atom. The summed E-state index contributed by atoms with van der Waals surface area (Å²) in [4.78, 5) is 33.5. The number of carbonyl (C=O) groups is 2. The molecule has 0 saturated heterocycles. The van der Waals surface area contributed by atoms with E-state index < -0.39 is 5.97 Å². The average Bonchev–Trinajstić information content (AvgIpc) is 3.24. The van der Waals surface area contributed by atoms with Gasteiger partial charge < -0.3 is 10.4 Å². The van der Waals surface area contributed by atoms with Crippen molar-refractivity contribution in [1.82, 2.24) is 19.6 Å². The molecule has 9 heteroatoms. The minimum Gasteiger partial charge on any atom is -0.478 e. The van der Waals surface area contributed by atoms with Crippen molar-refractivity contribution in [2.45, 2.75) is 6.92 Å². The highest BCUT2D eigenvalue weighted by molar-refractivity contribution is 7.21. The van der Waals surface area contributed by atoms with E-state index in [4.69, 9.17) is 5.11 Å². The monoisotopic (exact) mass is 379 g/mol. The van der Waals surface area contributed by atoms with Gasteiger partial charge in [0.05, 0.1) is 33.6 Å². The Hall–Kier alpha value is -3.59. The Labute approximate surface area is 157 Å². The molecule has 2 N–H and O–H groups in total. The maximum atomic E-state index is 12.7. The van der Waals surface area contributed by atoms with E-state index in [1.807, 2.05) is 18.3 Å². The molecule has 4 aromatic rings. The summed E-state index contributed by atoms with van der Waals surface area (Å²) in [5, 5.41) is 16.1. The van der Waals surface area contributed by atoms with E-state index in [-0.39, 0.29) is 11.5 Å². The van der Waals surface area contributed by atoms with Gasteiger partial charge in [0.25, 0.3) is 5.91 Å². The van der Waals surface area contributed by atoms with Gasteiger partial charge >= 0.3 is 5.97 Å². The third-order valence-electron chi connectivity index (χ3n) is 3.99. The van der Waals surface area contributed by atoms with Crippen molar-refractivity contribution in [2.75, 3.05) is 5.32 Å². The lowest BCUT2D eigenvalue weighted by molar-refractivity contribution is 0.0696. The molecule has 0 atom stereocenters. The number of thiazole rings is 1. The molecule has 134 valence electrons. The lowest BCUT2D eigenvalue weighted by atomic mass is 10.2. The molecule has 0 fully saturated rings. The molecule has 0 aliphatic carbocycles. The first-order valence-electron chi connectivity index (χ1n) is 7.92. The number of hydrogen-bond donors (Lipinski definition) is 2. The molecule has 0 radical (unpaired) electrons. The summed E-state index contributed by atoms with van der Waals surface area (Å²) in [7, 11) is 0. The molecule has 0 aliphatic rings. The summed E-state index contributed by atoms with van der Waals surface area (Å²) in [5.41, 5.74) is 2.28. The second-order valence-electron chi connectivity index (χ2n) is 5.76. The van der Waals surface area contributed by atoms with E-state index in [0.717, 1.165) is 10.4 Å². The molecule has 0 unspecified atom stereocenters. The van der Waals surface area contributed by atoms with Crippen molar-refractivity contribution in [3.05, 3.63) is 66.0 Å². The first kappa shape index (κ1) is 16.9. The number of nitrogens with one attached hydrogen (secondary N) is 1. The van der Waals surface area contributed by atoms with E-state index >= 15 is 0 Å². The zero-order valence-electron chi connectivity index (χ0n) is 14.1. The van der Waals surface area contributed by atoms with E-state index in [1.54, 1.807) is 23.8 Å². The quantitative estimate of drug-likeness (QED) is 0.564. The van der Waals surface area contributed by atoms with Gasteiger partial charge in [-0.15, -0.1) is 11.3 Å². The Morgan fingerprint density at radius 3 is 2.74 bits per heavy atom. The van der Waals surface area contributed by atoms with Gasteiger partial charge in [-0.05, 0) is 30.7 Å². The van der Waals surface area contributed by atoms with Gasteiger partial charge in [-0.3, -0.25) is 14.8 Å². The van der Waals surface area contributed by atoms with Crippen LogP contribution in [0.15, 0.2) is 49.2 Å². The smallest absolute Gasteiger partial charge is 0.337 e. The van der Waals surface area contributed by atoms with Gasteiger partial charge in [0.2, 0.25) is 0 Å². The Balaban J connectivity index is 1.67. The van der Waals surface area contributed by atoms with Gasteiger partial charge in [-0.1, -0.05) is 0 Å². The molecule has 4 aromatic heterocycles. The molecule has 4 rings (SSSR count). The summed E-state index contributed by atoms with van der Waals surface area (Å²) in [5.74, 6) is -1.48. The fourth-order valence-electron chi connectivity index (χ4n) is 2.56. The Morgan fingerprint density at radius 1 is 1.22 bits per heavy atom. The maximum absolute atomic E-state index is 12.7. The number of amides is 1. The van der Waals surface area contributed by atoms with Gasteiger partial charge in [0.1, 0.15) is 4.83 Å².